The Kier molecular flexibility index (Phi) is 5.36. The zero-order chi connectivity index (χ0) is 19.2. The summed E-state index contributed by atoms with van der Waals surface area (Å²) in [5.74, 6) is 0.790. The molecule has 0 aliphatic heterocycles. The largest absolute Gasteiger partial charge is 0.507 e. The zero-order valence-electron chi connectivity index (χ0n) is 14.8. The van der Waals surface area contributed by atoms with Crippen LogP contribution in [-0.4, -0.2) is 41.6 Å². The van der Waals surface area contributed by atoms with E-state index in [0.29, 0.717) is 22.8 Å². The summed E-state index contributed by atoms with van der Waals surface area (Å²) in [5, 5.41) is 20.3. The number of hydrazone groups is 1. The minimum absolute atomic E-state index is 0.0766. The number of ether oxygens (including phenoxy) is 2. The van der Waals surface area contributed by atoms with Crippen molar-refractivity contribution >= 4 is 12.1 Å². The van der Waals surface area contributed by atoms with Crippen LogP contribution in [0.15, 0.2) is 53.6 Å². The average Bonchev–Trinajstić information content (AvgIpc) is 3.19. The van der Waals surface area contributed by atoms with Gasteiger partial charge in [0.15, 0.2) is 11.5 Å². The number of para-hydroxylation sites is 1. The molecule has 0 atom stereocenters. The van der Waals surface area contributed by atoms with E-state index in [9.17, 15) is 9.90 Å². The van der Waals surface area contributed by atoms with Crippen molar-refractivity contribution in [1.82, 2.24) is 15.6 Å². The molecule has 0 bridgehead atoms. The zero-order valence-corrected chi connectivity index (χ0v) is 14.8. The van der Waals surface area contributed by atoms with Crippen LogP contribution in [0.5, 0.6) is 17.2 Å². The van der Waals surface area contributed by atoms with Crippen LogP contribution in [0.3, 0.4) is 0 Å². The first-order chi connectivity index (χ1) is 13.1. The van der Waals surface area contributed by atoms with Crippen molar-refractivity contribution in [3.63, 3.8) is 0 Å². The highest BCUT2D eigenvalue weighted by atomic mass is 16.5. The number of nitrogens with one attached hydrogen (secondary N) is 2. The summed E-state index contributed by atoms with van der Waals surface area (Å²) in [4.78, 5) is 12.2. The number of H-pyrrole nitrogens is 1. The first kappa shape index (κ1) is 18.0. The second-order valence-electron chi connectivity index (χ2n) is 5.49. The average molecular weight is 366 g/mol. The van der Waals surface area contributed by atoms with Crippen molar-refractivity contribution in [1.29, 1.82) is 0 Å². The van der Waals surface area contributed by atoms with E-state index in [-0.39, 0.29) is 11.4 Å². The molecule has 8 heteroatoms. The van der Waals surface area contributed by atoms with Gasteiger partial charge in [0.25, 0.3) is 5.91 Å². The van der Waals surface area contributed by atoms with E-state index in [0.717, 1.165) is 5.56 Å². The Bertz CT molecular complexity index is 981. The fraction of sp³-hybridized carbons (Fsp3) is 0.105. The first-order valence-corrected chi connectivity index (χ1v) is 8.01. The van der Waals surface area contributed by atoms with E-state index in [1.807, 2.05) is 6.07 Å². The second kappa shape index (κ2) is 8.05. The van der Waals surface area contributed by atoms with Crippen LogP contribution in [-0.2, 0) is 0 Å². The van der Waals surface area contributed by atoms with Crippen LogP contribution in [0.4, 0.5) is 0 Å². The van der Waals surface area contributed by atoms with E-state index in [1.165, 1.54) is 12.3 Å². The molecule has 3 aromatic rings. The van der Waals surface area contributed by atoms with Crippen LogP contribution in [0.2, 0.25) is 0 Å². The fourth-order valence-corrected chi connectivity index (χ4v) is 2.40. The molecule has 0 fully saturated rings. The minimum atomic E-state index is -0.458. The molecule has 3 N–H and O–H groups in total. The monoisotopic (exact) mass is 366 g/mol. The molecule has 0 aliphatic carbocycles. The van der Waals surface area contributed by atoms with Gasteiger partial charge in [0.1, 0.15) is 11.4 Å². The summed E-state index contributed by atoms with van der Waals surface area (Å²) in [6.45, 7) is 0. The molecule has 0 spiro atoms. The number of hydrogen-bond acceptors (Lipinski definition) is 6. The number of rotatable bonds is 6. The minimum Gasteiger partial charge on any atom is -0.507 e. The van der Waals surface area contributed by atoms with Gasteiger partial charge in [-0.3, -0.25) is 9.89 Å². The smallest absolute Gasteiger partial charge is 0.289 e. The first-order valence-electron chi connectivity index (χ1n) is 8.01. The lowest BCUT2D eigenvalue weighted by molar-refractivity contribution is 0.0950. The highest BCUT2D eigenvalue weighted by Crippen LogP contribution is 2.31. The summed E-state index contributed by atoms with van der Waals surface area (Å²) in [6, 6.07) is 13.6. The Morgan fingerprint density at radius 1 is 1.15 bits per heavy atom. The predicted octanol–water partition coefficient (Wildman–Crippen LogP) is 2.56. The topological polar surface area (TPSA) is 109 Å². The molecule has 0 aliphatic rings. The Morgan fingerprint density at radius 3 is 2.67 bits per heavy atom. The summed E-state index contributed by atoms with van der Waals surface area (Å²) in [6.07, 6.45) is 1.36. The number of methoxy groups -OCH3 is 2. The van der Waals surface area contributed by atoms with E-state index in [4.69, 9.17) is 9.47 Å². The predicted molar refractivity (Wildman–Crippen MR) is 100 cm³/mol. The number of amides is 1. The number of carbonyl (C=O) groups is 1. The molecular formula is C19H18N4O4. The summed E-state index contributed by atoms with van der Waals surface area (Å²) in [5.41, 5.74) is 4.46. The lowest BCUT2D eigenvalue weighted by atomic mass is 10.1. The summed E-state index contributed by atoms with van der Waals surface area (Å²) >= 11 is 0. The maximum atomic E-state index is 12.2. The summed E-state index contributed by atoms with van der Waals surface area (Å²) in [7, 11) is 3.11. The standard InChI is InChI=1S/C19H18N4O4/c1-26-17-8-7-12(9-18(17)27-2)14-10-15(22-21-14)19(25)23-20-11-13-5-3-4-6-16(13)24/h3-11,24H,1-2H3,(H,21,22)(H,23,25)/b20-11+. The van der Waals surface area contributed by atoms with Gasteiger partial charge in [-0.25, -0.2) is 5.43 Å². The molecule has 3 rings (SSSR count). The van der Waals surface area contributed by atoms with Crippen molar-refractivity contribution in [3.8, 4) is 28.5 Å². The van der Waals surface area contributed by atoms with E-state index in [2.05, 4.69) is 20.7 Å². The molecule has 27 heavy (non-hydrogen) atoms. The maximum Gasteiger partial charge on any atom is 0.289 e. The van der Waals surface area contributed by atoms with Gasteiger partial charge in [-0.15, -0.1) is 0 Å². The molecule has 0 radical (unpaired) electrons. The molecule has 2 aromatic carbocycles. The number of aromatic hydroxyl groups is 1. The van der Waals surface area contributed by atoms with Gasteiger partial charge in [0, 0.05) is 11.1 Å². The van der Waals surface area contributed by atoms with Crippen molar-refractivity contribution in [2.45, 2.75) is 0 Å². The number of phenols is 1. The molecule has 1 aromatic heterocycles. The molecule has 0 saturated carbocycles. The molecule has 0 unspecified atom stereocenters. The third-order valence-electron chi connectivity index (χ3n) is 3.81. The number of carbonyl (C=O) groups excluding carboxylic acids is 1. The number of aromatic nitrogens is 2. The highest BCUT2D eigenvalue weighted by molar-refractivity contribution is 5.94. The van der Waals surface area contributed by atoms with Crippen molar-refractivity contribution < 1.29 is 19.4 Å². The lowest BCUT2D eigenvalue weighted by Crippen LogP contribution is -2.18. The van der Waals surface area contributed by atoms with E-state index < -0.39 is 5.91 Å². The number of hydrogen-bond donors (Lipinski definition) is 3. The Hall–Kier alpha value is -3.81. The van der Waals surface area contributed by atoms with E-state index in [1.54, 1.807) is 50.6 Å². The Balaban J connectivity index is 1.72. The van der Waals surface area contributed by atoms with Gasteiger partial charge in [-0.05, 0) is 36.4 Å². The molecule has 8 nitrogen and oxygen atoms in total. The highest BCUT2D eigenvalue weighted by Gasteiger charge is 2.12. The Morgan fingerprint density at radius 2 is 1.93 bits per heavy atom. The summed E-state index contributed by atoms with van der Waals surface area (Å²) < 4.78 is 10.5. The molecule has 1 heterocycles. The van der Waals surface area contributed by atoms with Crippen LogP contribution in [0.1, 0.15) is 16.1 Å². The van der Waals surface area contributed by atoms with Gasteiger partial charge in [-0.1, -0.05) is 12.1 Å². The third-order valence-corrected chi connectivity index (χ3v) is 3.81. The van der Waals surface area contributed by atoms with Crippen molar-refractivity contribution in [2.75, 3.05) is 14.2 Å². The fourth-order valence-electron chi connectivity index (χ4n) is 2.40. The second-order valence-corrected chi connectivity index (χ2v) is 5.49. The number of phenolic OH excluding ortho intramolecular Hbond substituents is 1. The number of benzene rings is 2. The number of nitrogens with zero attached hydrogens (tertiary/aromatic N) is 2. The van der Waals surface area contributed by atoms with Gasteiger partial charge >= 0.3 is 0 Å². The van der Waals surface area contributed by atoms with Gasteiger partial charge in [-0.2, -0.15) is 10.2 Å². The lowest BCUT2D eigenvalue weighted by Gasteiger charge is -2.08. The van der Waals surface area contributed by atoms with Gasteiger partial charge < -0.3 is 14.6 Å². The van der Waals surface area contributed by atoms with Crippen LogP contribution >= 0.6 is 0 Å². The molecule has 0 saturated heterocycles. The molecule has 1 amide bonds. The van der Waals surface area contributed by atoms with Crippen molar-refractivity contribution in [3.05, 3.63) is 59.8 Å². The van der Waals surface area contributed by atoms with Gasteiger partial charge in [0.2, 0.25) is 0 Å². The van der Waals surface area contributed by atoms with Crippen LogP contribution in [0, 0.1) is 0 Å². The molecule has 138 valence electrons. The van der Waals surface area contributed by atoms with E-state index >= 15 is 0 Å². The quantitative estimate of drug-likeness (QED) is 0.459. The number of aromatic amines is 1. The normalized spacial score (nSPS) is 10.7. The van der Waals surface area contributed by atoms with Crippen LogP contribution in [0.25, 0.3) is 11.3 Å². The van der Waals surface area contributed by atoms with Crippen LogP contribution < -0.4 is 14.9 Å². The Labute approximate surface area is 155 Å². The van der Waals surface area contributed by atoms with Crippen molar-refractivity contribution in [2.24, 2.45) is 5.10 Å². The SMILES string of the molecule is COc1ccc(-c2cc(C(=O)N/N=C/c3ccccc3O)[nH]n2)cc1OC. The third kappa shape index (κ3) is 4.06. The molecular weight excluding hydrogens is 348 g/mol. The maximum absolute atomic E-state index is 12.2. The van der Waals surface area contributed by atoms with Gasteiger partial charge in [0.05, 0.1) is 26.1 Å².